The van der Waals surface area contributed by atoms with Gasteiger partial charge in [0.1, 0.15) is 0 Å². The summed E-state index contributed by atoms with van der Waals surface area (Å²) in [6.07, 6.45) is 7.03. The van der Waals surface area contributed by atoms with Crippen LogP contribution >= 0.6 is 0 Å². The second-order valence-corrected chi connectivity index (χ2v) is 5.74. The van der Waals surface area contributed by atoms with Gasteiger partial charge in [-0.1, -0.05) is 46.5 Å². The highest BCUT2D eigenvalue weighted by molar-refractivity contribution is 5.22. The van der Waals surface area contributed by atoms with Crippen molar-refractivity contribution in [3.8, 4) is 0 Å². The van der Waals surface area contributed by atoms with Crippen LogP contribution in [0.5, 0.6) is 0 Å². The summed E-state index contributed by atoms with van der Waals surface area (Å²) in [6, 6.07) is 0.466. The largest absolute Gasteiger partial charge is 0.327 e. The molecule has 0 aromatic heterocycles. The molecule has 0 saturated heterocycles. The first kappa shape index (κ1) is 9.51. The summed E-state index contributed by atoms with van der Waals surface area (Å²) in [5.74, 6) is 0.847. The van der Waals surface area contributed by atoms with Crippen LogP contribution in [0.3, 0.4) is 0 Å². The van der Waals surface area contributed by atoms with E-state index >= 15 is 0 Å². The molecule has 1 heteroatoms. The quantitative estimate of drug-likeness (QED) is 0.611. The van der Waals surface area contributed by atoms with E-state index in [2.05, 4.69) is 20.8 Å². The van der Waals surface area contributed by atoms with E-state index in [9.17, 15) is 0 Å². The average Bonchev–Trinajstić information content (AvgIpc) is 2.59. The zero-order valence-electron chi connectivity index (χ0n) is 9.27. The summed E-state index contributed by atoms with van der Waals surface area (Å²) in [6.45, 7) is 7.14. The number of hydrogen-bond acceptors (Lipinski definition) is 1. The Labute approximate surface area is 82.1 Å². The van der Waals surface area contributed by atoms with Crippen LogP contribution in [0, 0.1) is 16.7 Å². The maximum absolute atomic E-state index is 6.27. The molecule has 1 nitrogen and oxygen atoms in total. The zero-order chi connectivity index (χ0) is 9.69. The number of rotatable bonds is 0. The third kappa shape index (κ3) is 1.03. The van der Waals surface area contributed by atoms with Crippen molar-refractivity contribution < 1.29 is 0 Å². The Morgan fingerprint density at radius 2 is 1.77 bits per heavy atom. The standard InChI is InChI=1S/C12H23N/c1-9-7-5-4-6-8-12(9)10(13)11(12,2)3/h9-10H,4-8,13H2,1-3H3. The first-order chi connectivity index (χ1) is 6.03. The molecule has 0 bridgehead atoms. The molecule has 2 aliphatic rings. The predicted molar refractivity (Wildman–Crippen MR) is 56.4 cm³/mol. The third-order valence-electron chi connectivity index (χ3n) is 5.06. The molecule has 0 radical (unpaired) electrons. The maximum atomic E-state index is 6.27. The third-order valence-corrected chi connectivity index (χ3v) is 5.06. The average molecular weight is 181 g/mol. The molecule has 1 spiro atoms. The molecular weight excluding hydrogens is 158 g/mol. The molecule has 3 unspecified atom stereocenters. The number of hydrogen-bond donors (Lipinski definition) is 1. The Balaban J connectivity index is 2.21. The lowest BCUT2D eigenvalue weighted by molar-refractivity contribution is 0.242. The first-order valence-corrected chi connectivity index (χ1v) is 5.79. The lowest BCUT2D eigenvalue weighted by atomic mass is 9.80. The van der Waals surface area contributed by atoms with Gasteiger partial charge in [-0.15, -0.1) is 0 Å². The van der Waals surface area contributed by atoms with E-state index in [1.165, 1.54) is 32.1 Å². The van der Waals surface area contributed by atoms with E-state index < -0.39 is 0 Å². The summed E-state index contributed by atoms with van der Waals surface area (Å²) >= 11 is 0. The molecule has 0 heterocycles. The summed E-state index contributed by atoms with van der Waals surface area (Å²) in [4.78, 5) is 0. The Hall–Kier alpha value is -0.0400. The highest BCUT2D eigenvalue weighted by Gasteiger charge is 2.70. The van der Waals surface area contributed by atoms with E-state index in [0.717, 1.165) is 5.92 Å². The second-order valence-electron chi connectivity index (χ2n) is 5.74. The molecule has 2 saturated carbocycles. The van der Waals surface area contributed by atoms with Gasteiger partial charge in [0.15, 0.2) is 0 Å². The van der Waals surface area contributed by atoms with Crippen molar-refractivity contribution >= 4 is 0 Å². The molecular formula is C12H23N. The molecule has 2 rings (SSSR count). The Bertz CT molecular complexity index is 209. The molecule has 0 aromatic carbocycles. The van der Waals surface area contributed by atoms with Crippen molar-refractivity contribution in [3.63, 3.8) is 0 Å². The second kappa shape index (κ2) is 2.73. The van der Waals surface area contributed by atoms with Gasteiger partial charge in [0.25, 0.3) is 0 Å². The Morgan fingerprint density at radius 3 is 2.31 bits per heavy atom. The summed E-state index contributed by atoms with van der Waals surface area (Å²) in [5, 5.41) is 0. The van der Waals surface area contributed by atoms with Gasteiger partial charge in [0.05, 0.1) is 0 Å². The SMILES string of the molecule is CC1CCCCCC12C(N)C2(C)C. The van der Waals surface area contributed by atoms with Crippen LogP contribution in [0.25, 0.3) is 0 Å². The fourth-order valence-corrected chi connectivity index (χ4v) is 3.90. The molecule has 0 aliphatic heterocycles. The van der Waals surface area contributed by atoms with Crippen LogP contribution in [0.15, 0.2) is 0 Å². The van der Waals surface area contributed by atoms with E-state index in [0.29, 0.717) is 16.9 Å². The zero-order valence-corrected chi connectivity index (χ0v) is 9.27. The van der Waals surface area contributed by atoms with E-state index in [1.54, 1.807) is 0 Å². The highest BCUT2D eigenvalue weighted by atomic mass is 14.9. The van der Waals surface area contributed by atoms with Gasteiger partial charge in [-0.3, -0.25) is 0 Å². The summed E-state index contributed by atoms with van der Waals surface area (Å²) in [5.41, 5.74) is 7.19. The molecule has 2 aliphatic carbocycles. The summed E-state index contributed by atoms with van der Waals surface area (Å²) in [7, 11) is 0. The topological polar surface area (TPSA) is 26.0 Å². The first-order valence-electron chi connectivity index (χ1n) is 5.79. The molecule has 0 aromatic rings. The molecule has 13 heavy (non-hydrogen) atoms. The summed E-state index contributed by atoms with van der Waals surface area (Å²) < 4.78 is 0. The predicted octanol–water partition coefficient (Wildman–Crippen LogP) is 2.94. The fourth-order valence-electron chi connectivity index (χ4n) is 3.90. The lowest BCUT2D eigenvalue weighted by Gasteiger charge is -2.24. The molecule has 0 amide bonds. The van der Waals surface area contributed by atoms with Gasteiger partial charge in [-0.2, -0.15) is 0 Å². The Kier molecular flexibility index (Phi) is 1.99. The Morgan fingerprint density at radius 1 is 1.15 bits per heavy atom. The van der Waals surface area contributed by atoms with Gasteiger partial charge in [0, 0.05) is 6.04 Å². The van der Waals surface area contributed by atoms with Crippen molar-refractivity contribution in [2.75, 3.05) is 0 Å². The van der Waals surface area contributed by atoms with E-state index in [1.807, 2.05) is 0 Å². The van der Waals surface area contributed by atoms with Crippen LogP contribution in [-0.4, -0.2) is 6.04 Å². The lowest BCUT2D eigenvalue weighted by Crippen LogP contribution is -2.21. The normalized spacial score (nSPS) is 48.9. The van der Waals surface area contributed by atoms with Crippen LogP contribution in [0.2, 0.25) is 0 Å². The molecule has 76 valence electrons. The number of nitrogens with two attached hydrogens (primary N) is 1. The highest BCUT2D eigenvalue weighted by Crippen LogP contribution is 2.70. The van der Waals surface area contributed by atoms with Crippen molar-refractivity contribution in [2.24, 2.45) is 22.5 Å². The minimum atomic E-state index is 0.413. The monoisotopic (exact) mass is 181 g/mol. The van der Waals surface area contributed by atoms with Crippen molar-refractivity contribution in [3.05, 3.63) is 0 Å². The van der Waals surface area contributed by atoms with Crippen molar-refractivity contribution in [1.29, 1.82) is 0 Å². The van der Waals surface area contributed by atoms with Gasteiger partial charge in [0.2, 0.25) is 0 Å². The van der Waals surface area contributed by atoms with Crippen molar-refractivity contribution in [2.45, 2.75) is 58.9 Å². The van der Waals surface area contributed by atoms with Crippen molar-refractivity contribution in [1.82, 2.24) is 0 Å². The molecule has 2 N–H and O–H groups in total. The van der Waals surface area contributed by atoms with Gasteiger partial charge in [-0.25, -0.2) is 0 Å². The van der Waals surface area contributed by atoms with Crippen LogP contribution < -0.4 is 5.73 Å². The van der Waals surface area contributed by atoms with Crippen LogP contribution in [0.4, 0.5) is 0 Å². The minimum absolute atomic E-state index is 0.413. The van der Waals surface area contributed by atoms with E-state index in [4.69, 9.17) is 5.73 Å². The van der Waals surface area contributed by atoms with Gasteiger partial charge in [-0.05, 0) is 23.2 Å². The smallest absolute Gasteiger partial charge is 0.0161 e. The maximum Gasteiger partial charge on any atom is 0.0161 e. The van der Waals surface area contributed by atoms with E-state index in [-0.39, 0.29) is 0 Å². The fraction of sp³-hybridized carbons (Fsp3) is 1.00. The minimum Gasteiger partial charge on any atom is -0.327 e. The van der Waals surface area contributed by atoms with Crippen LogP contribution in [0.1, 0.15) is 52.9 Å². The molecule has 3 atom stereocenters. The van der Waals surface area contributed by atoms with Gasteiger partial charge >= 0.3 is 0 Å². The molecule has 2 fully saturated rings. The van der Waals surface area contributed by atoms with Crippen LogP contribution in [-0.2, 0) is 0 Å². The van der Waals surface area contributed by atoms with Gasteiger partial charge < -0.3 is 5.73 Å².